The molecule has 8 heteroatoms. The minimum absolute atomic E-state index is 0.131. The minimum Gasteiger partial charge on any atom is -0.478 e. The summed E-state index contributed by atoms with van der Waals surface area (Å²) in [5, 5.41) is 16.6. The monoisotopic (exact) mass is 444 g/mol. The smallest absolute Gasteiger partial charge is 0.335 e. The number of carboxylic acid groups (broad SMARTS) is 1. The van der Waals surface area contributed by atoms with Crippen LogP contribution in [0.15, 0.2) is 79.0 Å². The third kappa shape index (κ3) is 5.48. The summed E-state index contributed by atoms with van der Waals surface area (Å²) in [5.74, 6) is -1.53. The number of aryl methyl sites for hydroxylation is 1. The Labute approximate surface area is 189 Å². The van der Waals surface area contributed by atoms with Crippen LogP contribution in [-0.2, 0) is 17.8 Å². The van der Waals surface area contributed by atoms with Gasteiger partial charge in [0.25, 0.3) is 0 Å². The van der Waals surface area contributed by atoms with Crippen LogP contribution in [0.3, 0.4) is 0 Å². The molecule has 33 heavy (non-hydrogen) atoms. The highest BCUT2D eigenvalue weighted by atomic mass is 19.1. The fourth-order valence-corrected chi connectivity index (χ4v) is 3.37. The number of carbonyl (C=O) groups excluding carboxylic acids is 1. The van der Waals surface area contributed by atoms with Gasteiger partial charge in [0.15, 0.2) is 0 Å². The summed E-state index contributed by atoms with van der Waals surface area (Å²) < 4.78 is 15.5. The van der Waals surface area contributed by atoms with E-state index in [1.165, 1.54) is 24.3 Å². The molecule has 0 aliphatic rings. The number of hydrogen-bond donors (Lipinski definition) is 2. The zero-order valence-corrected chi connectivity index (χ0v) is 17.6. The number of benzene rings is 2. The van der Waals surface area contributed by atoms with Crippen molar-refractivity contribution in [2.24, 2.45) is 0 Å². The molecule has 0 fully saturated rings. The molecular formula is C25H21FN4O3. The van der Waals surface area contributed by atoms with Crippen LogP contribution < -0.4 is 5.32 Å². The van der Waals surface area contributed by atoms with Gasteiger partial charge in [0.1, 0.15) is 5.82 Å². The predicted molar refractivity (Wildman–Crippen MR) is 120 cm³/mol. The maximum atomic E-state index is 13.9. The van der Waals surface area contributed by atoms with E-state index in [9.17, 15) is 14.0 Å². The standard InChI is InChI=1S/C25H21FN4O3/c26-19-5-3-4-18(14-19)23-15-20(9-12-24(31)28-16-21-6-1-2-13-27-21)29-30(23)22-10-7-17(8-11-22)25(32)33/h1-8,10-11,13-15H,9,12,16H2,(H,28,31)(H,32,33). The lowest BCUT2D eigenvalue weighted by Crippen LogP contribution is -2.23. The quantitative estimate of drug-likeness (QED) is 0.428. The second-order valence-corrected chi connectivity index (χ2v) is 7.39. The zero-order chi connectivity index (χ0) is 23.2. The number of halogens is 1. The van der Waals surface area contributed by atoms with E-state index in [2.05, 4.69) is 15.4 Å². The maximum Gasteiger partial charge on any atom is 0.335 e. The van der Waals surface area contributed by atoms with Crippen LogP contribution >= 0.6 is 0 Å². The number of carboxylic acids is 1. The molecular weight excluding hydrogens is 423 g/mol. The summed E-state index contributed by atoms with van der Waals surface area (Å²) in [7, 11) is 0. The third-order valence-electron chi connectivity index (χ3n) is 5.04. The van der Waals surface area contributed by atoms with Crippen molar-refractivity contribution in [3.8, 4) is 16.9 Å². The van der Waals surface area contributed by atoms with Crippen molar-refractivity contribution in [1.82, 2.24) is 20.1 Å². The molecule has 4 aromatic rings. The van der Waals surface area contributed by atoms with Gasteiger partial charge in [-0.3, -0.25) is 9.78 Å². The molecule has 0 atom stereocenters. The molecule has 0 radical (unpaired) electrons. The van der Waals surface area contributed by atoms with Gasteiger partial charge in [-0.05, 0) is 54.6 Å². The summed E-state index contributed by atoms with van der Waals surface area (Å²) >= 11 is 0. The van der Waals surface area contributed by atoms with Gasteiger partial charge in [-0.25, -0.2) is 13.9 Å². The number of aromatic carboxylic acids is 1. The fourth-order valence-electron chi connectivity index (χ4n) is 3.37. The molecule has 0 unspecified atom stereocenters. The van der Waals surface area contributed by atoms with Crippen LogP contribution in [0.25, 0.3) is 16.9 Å². The molecule has 0 saturated carbocycles. The average molecular weight is 444 g/mol. The molecule has 0 spiro atoms. The summed E-state index contributed by atoms with van der Waals surface area (Å²) in [5.41, 5.74) is 3.48. The number of rotatable bonds is 8. The molecule has 0 saturated heterocycles. The van der Waals surface area contributed by atoms with Crippen molar-refractivity contribution in [2.45, 2.75) is 19.4 Å². The average Bonchev–Trinajstić information content (AvgIpc) is 3.26. The first-order chi connectivity index (χ1) is 16.0. The molecule has 4 rings (SSSR count). The van der Waals surface area contributed by atoms with Crippen LogP contribution in [-0.4, -0.2) is 31.7 Å². The van der Waals surface area contributed by atoms with E-state index in [0.717, 1.165) is 5.69 Å². The van der Waals surface area contributed by atoms with Gasteiger partial charge in [0.05, 0.1) is 34.9 Å². The zero-order valence-electron chi connectivity index (χ0n) is 17.6. The van der Waals surface area contributed by atoms with Crippen molar-refractivity contribution in [2.75, 3.05) is 0 Å². The number of nitrogens with one attached hydrogen (secondary N) is 1. The van der Waals surface area contributed by atoms with Crippen molar-refractivity contribution in [3.05, 3.63) is 102 Å². The number of aromatic nitrogens is 3. The van der Waals surface area contributed by atoms with Gasteiger partial charge in [-0.15, -0.1) is 0 Å². The normalized spacial score (nSPS) is 10.7. The Bertz CT molecular complexity index is 1270. The number of amides is 1. The Hall–Kier alpha value is -4.33. The lowest BCUT2D eigenvalue weighted by molar-refractivity contribution is -0.121. The number of carbonyl (C=O) groups is 2. The first kappa shape index (κ1) is 21.9. The van der Waals surface area contributed by atoms with Gasteiger partial charge in [-0.2, -0.15) is 5.10 Å². The Morgan fingerprint density at radius 1 is 0.970 bits per heavy atom. The van der Waals surface area contributed by atoms with E-state index in [1.807, 2.05) is 24.3 Å². The predicted octanol–water partition coefficient (Wildman–Crippen LogP) is 4.02. The highest BCUT2D eigenvalue weighted by Crippen LogP contribution is 2.25. The summed E-state index contributed by atoms with van der Waals surface area (Å²) in [6, 6.07) is 19.7. The number of nitrogens with zero attached hydrogens (tertiary/aromatic N) is 3. The molecule has 166 valence electrons. The van der Waals surface area contributed by atoms with Gasteiger partial charge in [0, 0.05) is 24.6 Å². The van der Waals surface area contributed by atoms with E-state index < -0.39 is 5.97 Å². The molecule has 2 heterocycles. The highest BCUT2D eigenvalue weighted by Gasteiger charge is 2.14. The second-order valence-electron chi connectivity index (χ2n) is 7.39. The fraction of sp³-hybridized carbons (Fsp3) is 0.120. The van der Waals surface area contributed by atoms with Gasteiger partial charge < -0.3 is 10.4 Å². The lowest BCUT2D eigenvalue weighted by Gasteiger charge is -2.08. The first-order valence-corrected chi connectivity index (χ1v) is 10.3. The molecule has 0 bridgehead atoms. The van der Waals surface area contributed by atoms with Crippen LogP contribution in [0, 0.1) is 5.82 Å². The van der Waals surface area contributed by atoms with E-state index in [4.69, 9.17) is 5.11 Å². The third-order valence-corrected chi connectivity index (χ3v) is 5.04. The highest BCUT2D eigenvalue weighted by molar-refractivity contribution is 5.87. The van der Waals surface area contributed by atoms with Crippen molar-refractivity contribution in [1.29, 1.82) is 0 Å². The number of pyridine rings is 1. The van der Waals surface area contributed by atoms with Gasteiger partial charge in [0.2, 0.25) is 5.91 Å². The molecule has 2 aromatic carbocycles. The molecule has 0 aliphatic heterocycles. The first-order valence-electron chi connectivity index (χ1n) is 10.3. The summed E-state index contributed by atoms with van der Waals surface area (Å²) in [4.78, 5) is 27.6. The Morgan fingerprint density at radius 3 is 2.48 bits per heavy atom. The lowest BCUT2D eigenvalue weighted by atomic mass is 10.1. The van der Waals surface area contributed by atoms with Crippen LogP contribution in [0.1, 0.15) is 28.2 Å². The van der Waals surface area contributed by atoms with E-state index in [0.29, 0.717) is 35.6 Å². The van der Waals surface area contributed by atoms with Gasteiger partial charge in [-0.1, -0.05) is 18.2 Å². The van der Waals surface area contributed by atoms with Crippen molar-refractivity contribution >= 4 is 11.9 Å². The molecule has 1 amide bonds. The van der Waals surface area contributed by atoms with Crippen LogP contribution in [0.2, 0.25) is 0 Å². The van der Waals surface area contributed by atoms with Crippen molar-refractivity contribution in [3.63, 3.8) is 0 Å². The minimum atomic E-state index is -1.02. The second kappa shape index (κ2) is 9.86. The van der Waals surface area contributed by atoms with E-state index in [-0.39, 0.29) is 23.7 Å². The largest absolute Gasteiger partial charge is 0.478 e. The Kier molecular flexibility index (Phi) is 6.54. The summed E-state index contributed by atoms with van der Waals surface area (Å²) in [6.45, 7) is 0.346. The molecule has 0 aliphatic carbocycles. The van der Waals surface area contributed by atoms with Crippen LogP contribution in [0.4, 0.5) is 4.39 Å². The SMILES string of the molecule is O=C(CCc1cc(-c2cccc(F)c2)n(-c2ccc(C(=O)O)cc2)n1)NCc1ccccn1. The Morgan fingerprint density at radius 2 is 1.79 bits per heavy atom. The van der Waals surface area contributed by atoms with Gasteiger partial charge >= 0.3 is 5.97 Å². The van der Waals surface area contributed by atoms with E-state index >= 15 is 0 Å². The molecule has 7 nitrogen and oxygen atoms in total. The molecule has 2 N–H and O–H groups in total. The summed E-state index contributed by atoms with van der Waals surface area (Å²) in [6.07, 6.45) is 2.28. The number of hydrogen-bond acceptors (Lipinski definition) is 4. The molecule has 2 aromatic heterocycles. The Balaban J connectivity index is 1.54. The maximum absolute atomic E-state index is 13.9. The van der Waals surface area contributed by atoms with Crippen LogP contribution in [0.5, 0.6) is 0 Å². The van der Waals surface area contributed by atoms with Crippen molar-refractivity contribution < 1.29 is 19.1 Å². The topological polar surface area (TPSA) is 97.1 Å². The van der Waals surface area contributed by atoms with E-state index in [1.54, 1.807) is 35.1 Å².